The highest BCUT2D eigenvalue weighted by atomic mass is 32.2. The molecule has 0 saturated carbocycles. The summed E-state index contributed by atoms with van der Waals surface area (Å²) in [6.07, 6.45) is 2.78. The number of anilines is 2. The zero-order chi connectivity index (χ0) is 18.5. The molecule has 0 amide bonds. The summed E-state index contributed by atoms with van der Waals surface area (Å²) < 4.78 is 53.2. The van der Waals surface area contributed by atoms with Gasteiger partial charge in [0.1, 0.15) is 11.6 Å². The van der Waals surface area contributed by atoms with Crippen molar-refractivity contribution in [3.05, 3.63) is 42.4 Å². The standard InChI is InChI=1S/C15H20N4O4S2/c1-3-4-11-24(20,21)18-13-5-7-14(8-6-13)25(22,23)19-15-9-10-16-12(2)17-15/h5-10,18H,3-4,11H2,1-2H3,(H,16,17,19). The van der Waals surface area contributed by atoms with E-state index in [1.54, 1.807) is 6.92 Å². The number of hydrogen-bond acceptors (Lipinski definition) is 6. The molecule has 8 nitrogen and oxygen atoms in total. The number of nitrogens with zero attached hydrogens (tertiary/aromatic N) is 2. The molecule has 25 heavy (non-hydrogen) atoms. The third kappa shape index (κ3) is 5.68. The van der Waals surface area contributed by atoms with Gasteiger partial charge in [0, 0.05) is 11.9 Å². The van der Waals surface area contributed by atoms with Gasteiger partial charge in [0.15, 0.2) is 0 Å². The van der Waals surface area contributed by atoms with Crippen molar-refractivity contribution in [1.82, 2.24) is 9.97 Å². The van der Waals surface area contributed by atoms with Crippen LogP contribution in [0.3, 0.4) is 0 Å². The molecule has 0 saturated heterocycles. The van der Waals surface area contributed by atoms with Crippen LogP contribution in [0.15, 0.2) is 41.4 Å². The zero-order valence-corrected chi connectivity index (χ0v) is 15.6. The van der Waals surface area contributed by atoms with Crippen LogP contribution in [0.25, 0.3) is 0 Å². The third-order valence-electron chi connectivity index (χ3n) is 3.22. The van der Waals surface area contributed by atoms with E-state index in [4.69, 9.17) is 0 Å². The number of hydrogen-bond donors (Lipinski definition) is 2. The minimum Gasteiger partial charge on any atom is -0.284 e. The number of unbranched alkanes of at least 4 members (excludes halogenated alkanes) is 1. The molecule has 2 N–H and O–H groups in total. The van der Waals surface area contributed by atoms with Crippen molar-refractivity contribution in [3.63, 3.8) is 0 Å². The number of sulfonamides is 2. The van der Waals surface area contributed by atoms with Crippen LogP contribution in [0.4, 0.5) is 11.5 Å². The number of aryl methyl sites for hydroxylation is 1. The van der Waals surface area contributed by atoms with Crippen LogP contribution >= 0.6 is 0 Å². The van der Waals surface area contributed by atoms with Gasteiger partial charge in [0.05, 0.1) is 10.6 Å². The molecule has 0 radical (unpaired) electrons. The Bertz CT molecular complexity index is 926. The molecule has 0 fully saturated rings. The fourth-order valence-electron chi connectivity index (χ4n) is 1.98. The predicted molar refractivity (Wildman–Crippen MR) is 96.3 cm³/mol. The van der Waals surface area contributed by atoms with Crippen molar-refractivity contribution in [2.24, 2.45) is 0 Å². The quantitative estimate of drug-likeness (QED) is 0.720. The summed E-state index contributed by atoms with van der Waals surface area (Å²) in [5, 5.41) is 0. The Morgan fingerprint density at radius 3 is 2.28 bits per heavy atom. The van der Waals surface area contributed by atoms with Gasteiger partial charge in [-0.25, -0.2) is 26.8 Å². The van der Waals surface area contributed by atoms with E-state index in [9.17, 15) is 16.8 Å². The second kappa shape index (κ2) is 7.79. The molecule has 0 unspecified atom stereocenters. The maximum absolute atomic E-state index is 12.3. The highest BCUT2D eigenvalue weighted by Gasteiger charge is 2.16. The van der Waals surface area contributed by atoms with Crippen LogP contribution in [-0.4, -0.2) is 32.6 Å². The van der Waals surface area contributed by atoms with Gasteiger partial charge in [-0.15, -0.1) is 0 Å². The minimum absolute atomic E-state index is 0.000251. The van der Waals surface area contributed by atoms with Crippen LogP contribution in [0.2, 0.25) is 0 Å². The fraction of sp³-hybridized carbons (Fsp3) is 0.333. The van der Waals surface area contributed by atoms with Crippen molar-refractivity contribution < 1.29 is 16.8 Å². The first-order valence-corrected chi connectivity index (χ1v) is 10.8. The fourth-order valence-corrected chi connectivity index (χ4v) is 4.24. The Kier molecular flexibility index (Phi) is 5.96. The van der Waals surface area contributed by atoms with Crippen molar-refractivity contribution in [2.75, 3.05) is 15.2 Å². The highest BCUT2D eigenvalue weighted by Crippen LogP contribution is 2.18. The summed E-state index contributed by atoms with van der Waals surface area (Å²) in [6.45, 7) is 3.55. The molecule has 10 heteroatoms. The van der Waals surface area contributed by atoms with Crippen molar-refractivity contribution in [1.29, 1.82) is 0 Å². The molecule has 0 bridgehead atoms. The van der Waals surface area contributed by atoms with Gasteiger partial charge in [0.25, 0.3) is 10.0 Å². The first-order chi connectivity index (χ1) is 11.7. The van der Waals surface area contributed by atoms with Crippen molar-refractivity contribution >= 4 is 31.6 Å². The van der Waals surface area contributed by atoms with Gasteiger partial charge in [-0.1, -0.05) is 13.3 Å². The maximum atomic E-state index is 12.3. The normalized spacial score (nSPS) is 11.9. The summed E-state index contributed by atoms with van der Waals surface area (Å²) >= 11 is 0. The molecule has 0 spiro atoms. The Hall–Kier alpha value is -2.20. The largest absolute Gasteiger partial charge is 0.284 e. The SMILES string of the molecule is CCCCS(=O)(=O)Nc1ccc(S(=O)(=O)Nc2ccnc(C)n2)cc1. The molecular formula is C15H20N4O4S2. The monoisotopic (exact) mass is 384 g/mol. The van der Waals surface area contributed by atoms with Crippen LogP contribution in [0.5, 0.6) is 0 Å². The lowest BCUT2D eigenvalue weighted by atomic mass is 10.3. The second-order valence-corrected chi connectivity index (χ2v) is 8.92. The van der Waals surface area contributed by atoms with Gasteiger partial charge in [-0.2, -0.15) is 0 Å². The molecule has 0 aliphatic rings. The molecule has 0 aliphatic heterocycles. The van der Waals surface area contributed by atoms with Gasteiger partial charge in [0.2, 0.25) is 10.0 Å². The van der Waals surface area contributed by atoms with Crippen LogP contribution in [-0.2, 0) is 20.0 Å². The average Bonchev–Trinajstić information content (AvgIpc) is 2.53. The van der Waals surface area contributed by atoms with Gasteiger partial charge >= 0.3 is 0 Å². The Labute approximate surface area is 147 Å². The van der Waals surface area contributed by atoms with E-state index in [2.05, 4.69) is 19.4 Å². The first-order valence-electron chi connectivity index (χ1n) is 7.65. The molecule has 0 atom stereocenters. The maximum Gasteiger partial charge on any atom is 0.263 e. The van der Waals surface area contributed by atoms with Crippen LogP contribution < -0.4 is 9.44 Å². The highest BCUT2D eigenvalue weighted by molar-refractivity contribution is 7.93. The summed E-state index contributed by atoms with van der Waals surface area (Å²) in [5.41, 5.74) is 0.313. The molecule has 1 heterocycles. The second-order valence-electron chi connectivity index (χ2n) is 5.39. The number of nitrogens with one attached hydrogen (secondary N) is 2. The summed E-state index contributed by atoms with van der Waals surface area (Å²) in [5.74, 6) is 0.631. The lowest BCUT2D eigenvalue weighted by Crippen LogP contribution is -2.17. The van der Waals surface area contributed by atoms with E-state index in [0.29, 0.717) is 17.9 Å². The molecule has 1 aromatic heterocycles. The molecular weight excluding hydrogens is 364 g/mol. The summed E-state index contributed by atoms with van der Waals surface area (Å²) in [6, 6.07) is 6.91. The number of benzene rings is 1. The lowest BCUT2D eigenvalue weighted by Gasteiger charge is -2.10. The molecule has 2 aromatic rings. The average molecular weight is 384 g/mol. The Morgan fingerprint density at radius 2 is 1.68 bits per heavy atom. The smallest absolute Gasteiger partial charge is 0.263 e. The Morgan fingerprint density at radius 1 is 1.00 bits per heavy atom. The number of aromatic nitrogens is 2. The van der Waals surface area contributed by atoms with E-state index in [1.807, 2.05) is 6.92 Å². The predicted octanol–water partition coefficient (Wildman–Crippen LogP) is 2.13. The topological polar surface area (TPSA) is 118 Å². The van der Waals surface area contributed by atoms with E-state index in [1.165, 1.54) is 36.5 Å². The minimum atomic E-state index is -3.82. The van der Waals surface area contributed by atoms with Gasteiger partial charge < -0.3 is 0 Å². The van der Waals surface area contributed by atoms with Crippen molar-refractivity contribution in [3.8, 4) is 0 Å². The molecule has 2 rings (SSSR count). The molecule has 136 valence electrons. The van der Waals surface area contributed by atoms with E-state index in [-0.39, 0.29) is 16.5 Å². The summed E-state index contributed by atoms with van der Waals surface area (Å²) in [4.78, 5) is 7.88. The summed E-state index contributed by atoms with van der Waals surface area (Å²) in [7, 11) is -7.25. The zero-order valence-electron chi connectivity index (χ0n) is 13.9. The van der Waals surface area contributed by atoms with Crippen LogP contribution in [0.1, 0.15) is 25.6 Å². The van der Waals surface area contributed by atoms with Gasteiger partial charge in [-0.3, -0.25) is 9.44 Å². The molecule has 1 aromatic carbocycles. The van der Waals surface area contributed by atoms with Crippen molar-refractivity contribution in [2.45, 2.75) is 31.6 Å². The van der Waals surface area contributed by atoms with Gasteiger partial charge in [-0.05, 0) is 43.7 Å². The Balaban J connectivity index is 2.13. The number of rotatable bonds is 8. The van der Waals surface area contributed by atoms with E-state index >= 15 is 0 Å². The van der Waals surface area contributed by atoms with Crippen LogP contribution in [0, 0.1) is 6.92 Å². The molecule has 0 aliphatic carbocycles. The lowest BCUT2D eigenvalue weighted by molar-refractivity contribution is 0.597. The van der Waals surface area contributed by atoms with E-state index < -0.39 is 20.0 Å². The third-order valence-corrected chi connectivity index (χ3v) is 5.96. The van der Waals surface area contributed by atoms with E-state index in [0.717, 1.165) is 6.42 Å². The first kappa shape index (κ1) is 19.1.